The average molecular weight is 250 g/mol. The van der Waals surface area contributed by atoms with E-state index in [1.54, 1.807) is 0 Å². The van der Waals surface area contributed by atoms with Gasteiger partial charge in [-0.15, -0.1) is 16.9 Å². The molecule has 0 atom stereocenters. The van der Waals surface area contributed by atoms with Gasteiger partial charge in [-0.3, -0.25) is 0 Å². The number of phenolic OH excluding ortho intramolecular Hbond substituents is 1. The fraction of sp³-hybridized carbons (Fsp3) is 0.533. The van der Waals surface area contributed by atoms with E-state index in [4.69, 9.17) is 5.69 Å². The molecule has 0 spiro atoms. The van der Waals surface area contributed by atoms with Gasteiger partial charge in [0.25, 0.3) is 0 Å². The Labute approximate surface area is 108 Å². The number of rotatable bonds is 0. The molecule has 0 aliphatic heterocycles. The van der Waals surface area contributed by atoms with Gasteiger partial charge in [-0.2, -0.15) is 0 Å². The molecule has 0 bridgehead atoms. The summed E-state index contributed by atoms with van der Waals surface area (Å²) in [5.41, 5.74) is 7.40. The molecule has 94 valence electrons. The molecule has 1 nitrogen and oxygen atoms in total. The van der Waals surface area contributed by atoms with Crippen LogP contribution >= 0.6 is 11.2 Å². The van der Waals surface area contributed by atoms with E-state index in [1.807, 2.05) is 12.1 Å². The van der Waals surface area contributed by atoms with Crippen molar-refractivity contribution in [3.05, 3.63) is 23.3 Å². The Hall–Kier alpha value is -0.980. The quantitative estimate of drug-likeness (QED) is 0.709. The molecule has 0 heterocycles. The zero-order valence-electron chi connectivity index (χ0n) is 11.6. The summed E-state index contributed by atoms with van der Waals surface area (Å²) in [6, 6.07) is 3.96. The Morgan fingerprint density at radius 3 is 1.53 bits per heavy atom. The van der Waals surface area contributed by atoms with Crippen molar-refractivity contribution in [2.45, 2.75) is 57.3 Å². The summed E-state index contributed by atoms with van der Waals surface area (Å²) in [6.07, 6.45) is 0. The second-order valence-corrected chi connectivity index (χ2v) is 7.19. The van der Waals surface area contributed by atoms with E-state index in [2.05, 4.69) is 41.5 Å². The van der Waals surface area contributed by atoms with Gasteiger partial charge in [-0.25, -0.2) is 0 Å². The maximum atomic E-state index is 10.4. The number of benzene rings is 1. The molecule has 0 aliphatic carbocycles. The highest BCUT2D eigenvalue weighted by Gasteiger charge is 2.26. The Morgan fingerprint density at radius 2 is 1.29 bits per heavy atom. The lowest BCUT2D eigenvalue weighted by atomic mass is 9.79. The number of phenols is 1. The minimum Gasteiger partial charge on any atom is -0.507 e. The molecular weight excluding hydrogens is 228 g/mol. The molecule has 0 saturated carbocycles. The van der Waals surface area contributed by atoms with Crippen molar-refractivity contribution in [2.75, 3.05) is 0 Å². The molecule has 1 N–H and O–H groups in total. The van der Waals surface area contributed by atoms with Crippen LogP contribution in [0.2, 0.25) is 0 Å². The van der Waals surface area contributed by atoms with Gasteiger partial charge in [0.05, 0.1) is 0 Å². The van der Waals surface area contributed by atoms with Crippen LogP contribution in [-0.4, -0.2) is 5.11 Å². The third kappa shape index (κ3) is 3.02. The summed E-state index contributed by atoms with van der Waals surface area (Å²) >= 11 is 1.23. The first-order valence-corrected chi connectivity index (χ1v) is 6.70. The Balaban J connectivity index is 3.61. The van der Waals surface area contributed by atoms with E-state index in [0.29, 0.717) is 5.75 Å². The molecule has 17 heavy (non-hydrogen) atoms. The molecule has 0 unspecified atom stereocenters. The zero-order chi connectivity index (χ0) is 13.4. The molecule has 1 aromatic carbocycles. The molecule has 0 fully saturated rings. The largest absolute Gasteiger partial charge is 0.507 e. The van der Waals surface area contributed by atoms with E-state index < -0.39 is 0 Å². The first-order valence-electron chi connectivity index (χ1n) is 5.82. The number of hydrogen-bond donors (Lipinski definition) is 1. The van der Waals surface area contributed by atoms with Crippen molar-refractivity contribution >= 4 is 11.2 Å². The Bertz CT molecular complexity index is 432. The zero-order valence-corrected chi connectivity index (χ0v) is 12.4. The molecule has 0 amide bonds. The predicted molar refractivity (Wildman–Crippen MR) is 76.3 cm³/mol. The van der Waals surface area contributed by atoms with Crippen LogP contribution in [0.3, 0.4) is 0 Å². The second kappa shape index (κ2) is 4.36. The lowest BCUT2D eigenvalue weighted by Gasteiger charge is -2.27. The molecule has 1 aromatic rings. The third-order valence-electron chi connectivity index (χ3n) is 2.84. The van der Waals surface area contributed by atoms with Gasteiger partial charge < -0.3 is 5.11 Å². The van der Waals surface area contributed by atoms with Crippen LogP contribution in [0.4, 0.5) is 0 Å². The SMILES string of the molecule is C#Sc1cc(C(C)(C)C)c(O)c(C(C)(C)C)c1. The Morgan fingerprint density at radius 1 is 0.941 bits per heavy atom. The highest BCUT2D eigenvalue weighted by Crippen LogP contribution is 2.40. The molecule has 2 heteroatoms. The van der Waals surface area contributed by atoms with E-state index in [0.717, 1.165) is 16.0 Å². The summed E-state index contributed by atoms with van der Waals surface area (Å²) < 4.78 is 0. The maximum absolute atomic E-state index is 10.4. The third-order valence-corrected chi connectivity index (χ3v) is 3.34. The summed E-state index contributed by atoms with van der Waals surface area (Å²) in [4.78, 5) is 0.998. The molecule has 0 saturated heterocycles. The van der Waals surface area contributed by atoms with Gasteiger partial charge in [0.1, 0.15) is 5.75 Å². The highest BCUT2D eigenvalue weighted by molar-refractivity contribution is 7.88. The van der Waals surface area contributed by atoms with Gasteiger partial charge in [0, 0.05) is 16.0 Å². The van der Waals surface area contributed by atoms with Crippen molar-refractivity contribution in [1.82, 2.24) is 0 Å². The molecule has 0 aromatic heterocycles. The van der Waals surface area contributed by atoms with Crippen LogP contribution in [0.1, 0.15) is 52.7 Å². The van der Waals surface area contributed by atoms with E-state index in [1.165, 1.54) is 11.2 Å². The molecule has 0 radical (unpaired) electrons. The first kappa shape index (κ1) is 14.1. The molecule has 1 rings (SSSR count). The lowest BCUT2D eigenvalue weighted by molar-refractivity contribution is 0.422. The predicted octanol–water partition coefficient (Wildman–Crippen LogP) is 4.67. The minimum atomic E-state index is -0.0875. The van der Waals surface area contributed by atoms with E-state index in [-0.39, 0.29) is 10.8 Å². The van der Waals surface area contributed by atoms with Crippen LogP contribution < -0.4 is 0 Å². The summed E-state index contributed by atoms with van der Waals surface area (Å²) in [6.45, 7) is 12.6. The van der Waals surface area contributed by atoms with Crippen LogP contribution in [0.25, 0.3) is 0 Å². The fourth-order valence-electron chi connectivity index (χ4n) is 1.82. The van der Waals surface area contributed by atoms with Crippen molar-refractivity contribution in [1.29, 1.82) is 0 Å². The van der Waals surface area contributed by atoms with Gasteiger partial charge in [-0.1, -0.05) is 41.5 Å². The summed E-state index contributed by atoms with van der Waals surface area (Å²) in [5.74, 6) is 0.405. The minimum absolute atomic E-state index is 0.0875. The van der Waals surface area contributed by atoms with Crippen molar-refractivity contribution in [3.8, 4) is 11.4 Å². The van der Waals surface area contributed by atoms with Crippen LogP contribution in [0.5, 0.6) is 5.75 Å². The highest BCUT2D eigenvalue weighted by atomic mass is 32.1. The van der Waals surface area contributed by atoms with Gasteiger partial charge >= 0.3 is 0 Å². The lowest BCUT2D eigenvalue weighted by Crippen LogP contribution is -2.17. The summed E-state index contributed by atoms with van der Waals surface area (Å²) in [7, 11) is 0. The first-order chi connectivity index (χ1) is 7.57. The standard InChI is InChI=1S/C15H22OS/c1-14(2,3)11-8-10(17-7)9-12(13(11)16)15(4,5)6/h7-9,16H,1-6H3. The fourth-order valence-corrected chi connectivity index (χ4v) is 2.19. The van der Waals surface area contributed by atoms with Crippen molar-refractivity contribution < 1.29 is 5.11 Å². The van der Waals surface area contributed by atoms with Crippen molar-refractivity contribution in [2.24, 2.45) is 0 Å². The van der Waals surface area contributed by atoms with Crippen LogP contribution in [0, 0.1) is 5.69 Å². The smallest absolute Gasteiger partial charge is 0.123 e. The maximum Gasteiger partial charge on any atom is 0.123 e. The van der Waals surface area contributed by atoms with E-state index in [9.17, 15) is 5.11 Å². The van der Waals surface area contributed by atoms with Crippen molar-refractivity contribution in [3.63, 3.8) is 0 Å². The topological polar surface area (TPSA) is 20.2 Å². The number of aromatic hydroxyl groups is 1. The van der Waals surface area contributed by atoms with Crippen LogP contribution in [0.15, 0.2) is 17.0 Å². The average Bonchev–Trinajstić information content (AvgIpc) is 2.14. The molecule has 0 aliphatic rings. The Kier molecular flexibility index (Phi) is 3.61. The van der Waals surface area contributed by atoms with Gasteiger partial charge in [-0.05, 0) is 23.0 Å². The van der Waals surface area contributed by atoms with Gasteiger partial charge in [0.2, 0.25) is 0 Å². The monoisotopic (exact) mass is 250 g/mol. The molecular formula is C15H22OS. The normalized spacial score (nSPS) is 12.5. The number of hydrogen-bond acceptors (Lipinski definition) is 1. The van der Waals surface area contributed by atoms with Crippen LogP contribution in [-0.2, 0) is 10.8 Å². The van der Waals surface area contributed by atoms with Gasteiger partial charge in [0.15, 0.2) is 0 Å². The second-order valence-electron chi connectivity index (χ2n) is 6.48. The summed E-state index contributed by atoms with van der Waals surface area (Å²) in [5, 5.41) is 10.4. The van der Waals surface area contributed by atoms with E-state index >= 15 is 0 Å².